The largest absolute Gasteiger partial charge is 0.309 e. The lowest BCUT2D eigenvalue weighted by Crippen LogP contribution is -2.14. The highest BCUT2D eigenvalue weighted by atomic mass is 15.0. The van der Waals surface area contributed by atoms with Crippen molar-refractivity contribution in [3.8, 4) is 50.8 Å². The van der Waals surface area contributed by atoms with Gasteiger partial charge in [0.2, 0.25) is 0 Å². The van der Waals surface area contributed by atoms with Gasteiger partial charge in [0.15, 0.2) is 0 Å². The van der Waals surface area contributed by atoms with Gasteiger partial charge >= 0.3 is 0 Å². The first-order chi connectivity index (χ1) is 30.5. The molecular weight excluding hydrogens is 751 g/mol. The van der Waals surface area contributed by atoms with E-state index in [4.69, 9.17) is 0 Å². The van der Waals surface area contributed by atoms with Gasteiger partial charge in [-0.05, 0) is 122 Å². The van der Waals surface area contributed by atoms with Crippen LogP contribution in [-0.2, 0) is 5.41 Å². The van der Waals surface area contributed by atoms with E-state index < -0.39 is 0 Å². The Kier molecular flexibility index (Phi) is 7.20. The van der Waals surface area contributed by atoms with Crippen LogP contribution in [-0.4, -0.2) is 9.13 Å². The molecular formula is C59H39N3. The second-order valence-electron chi connectivity index (χ2n) is 17.6. The minimum absolute atomic E-state index is 0.109. The molecule has 2 aliphatic carbocycles. The molecule has 1 unspecified atom stereocenters. The summed E-state index contributed by atoms with van der Waals surface area (Å²) in [6.07, 6.45) is 0. The lowest BCUT2D eigenvalue weighted by molar-refractivity contribution is 0.661. The molecule has 3 heteroatoms. The third-order valence-electron chi connectivity index (χ3n) is 14.0. The van der Waals surface area contributed by atoms with E-state index >= 15 is 0 Å². The topological polar surface area (TPSA) is 33.6 Å². The summed E-state index contributed by atoms with van der Waals surface area (Å²) in [5.41, 5.74) is 21.2. The first kappa shape index (κ1) is 34.9. The molecule has 0 fully saturated rings. The van der Waals surface area contributed by atoms with Crippen LogP contribution in [0.15, 0.2) is 194 Å². The first-order valence-corrected chi connectivity index (χ1v) is 21.5. The van der Waals surface area contributed by atoms with Crippen LogP contribution >= 0.6 is 0 Å². The van der Waals surface area contributed by atoms with Crippen molar-refractivity contribution in [2.75, 3.05) is 0 Å². The van der Waals surface area contributed by atoms with E-state index in [0.717, 1.165) is 33.5 Å². The summed E-state index contributed by atoms with van der Waals surface area (Å²) in [6.45, 7) is 4.70. The summed E-state index contributed by atoms with van der Waals surface area (Å²) in [5.74, 6) is 0.109. The van der Waals surface area contributed by atoms with Gasteiger partial charge < -0.3 is 9.13 Å². The van der Waals surface area contributed by atoms with Gasteiger partial charge in [0.25, 0.3) is 0 Å². The van der Waals surface area contributed by atoms with Crippen molar-refractivity contribution in [2.45, 2.75) is 25.2 Å². The molecule has 11 aromatic rings. The molecule has 0 spiro atoms. The molecule has 2 heterocycles. The third-order valence-corrected chi connectivity index (χ3v) is 14.0. The Balaban J connectivity index is 1.01. The second kappa shape index (κ2) is 12.8. The fourth-order valence-electron chi connectivity index (χ4n) is 11.3. The van der Waals surface area contributed by atoms with E-state index in [1.807, 2.05) is 12.1 Å². The van der Waals surface area contributed by atoms with Crippen LogP contribution in [0.25, 0.3) is 88.4 Å². The highest BCUT2D eigenvalue weighted by molar-refractivity contribution is 6.15. The van der Waals surface area contributed by atoms with Crippen molar-refractivity contribution < 1.29 is 0 Å². The Morgan fingerprint density at radius 1 is 0.452 bits per heavy atom. The molecule has 1 atom stereocenters. The fourth-order valence-corrected chi connectivity index (χ4v) is 11.3. The van der Waals surface area contributed by atoms with Crippen molar-refractivity contribution in [3.05, 3.63) is 228 Å². The number of benzene rings is 9. The van der Waals surface area contributed by atoms with Crippen LogP contribution in [0.5, 0.6) is 0 Å². The van der Waals surface area contributed by atoms with Gasteiger partial charge in [0, 0.05) is 44.3 Å². The average molecular weight is 790 g/mol. The van der Waals surface area contributed by atoms with Crippen molar-refractivity contribution in [3.63, 3.8) is 0 Å². The van der Waals surface area contributed by atoms with Gasteiger partial charge in [-0.25, -0.2) is 0 Å². The molecule has 2 aliphatic rings. The van der Waals surface area contributed by atoms with Gasteiger partial charge in [0.1, 0.15) is 0 Å². The standard InChI is InChI=1S/C59H39N3/c1-59(2)50-24-11-8-20-43(50)48-33-49-44-21-9-12-25-52(44)61(55(49)34-51(48)59)40-18-14-17-38(31-40)39-29-36(35-60)30-41(32-39)62-53-26-13-10-23-47(53)57-54(62)28-27-46-42-19-6-7-22-45(42)56(58(46)57)37-15-4-3-5-16-37/h3-34,56H,1-2H3. The van der Waals surface area contributed by atoms with Gasteiger partial charge in [-0.1, -0.05) is 147 Å². The average Bonchev–Trinajstić information content (AvgIpc) is 4.02. The predicted octanol–water partition coefficient (Wildman–Crippen LogP) is 14.9. The molecule has 0 radical (unpaired) electrons. The molecule has 9 aromatic carbocycles. The Hall–Kier alpha value is -7.93. The molecule has 290 valence electrons. The van der Waals surface area contributed by atoms with Gasteiger partial charge in [-0.3, -0.25) is 0 Å². The molecule has 0 saturated heterocycles. The van der Waals surface area contributed by atoms with Crippen LogP contribution in [0.4, 0.5) is 0 Å². The predicted molar refractivity (Wildman–Crippen MR) is 256 cm³/mol. The maximum absolute atomic E-state index is 10.6. The lowest BCUT2D eigenvalue weighted by atomic mass is 9.82. The normalized spacial score (nSPS) is 14.6. The minimum Gasteiger partial charge on any atom is -0.309 e. The van der Waals surface area contributed by atoms with E-state index in [-0.39, 0.29) is 11.3 Å². The number of rotatable bonds is 4. The summed E-state index contributed by atoms with van der Waals surface area (Å²) in [7, 11) is 0. The minimum atomic E-state index is -0.114. The summed E-state index contributed by atoms with van der Waals surface area (Å²) >= 11 is 0. The van der Waals surface area contributed by atoms with Crippen molar-refractivity contribution >= 4 is 43.6 Å². The zero-order chi connectivity index (χ0) is 41.3. The SMILES string of the molecule is CC1(C)c2ccccc2-c2cc3c4ccccc4n(-c4cccc(-c5cc(C#N)cc(-n6c7ccccc7c7c8c(ccc76)-c6ccccc6C8c6ccccc6)c5)c4)c3cc21. The van der Waals surface area contributed by atoms with E-state index in [1.165, 1.54) is 82.6 Å². The smallest absolute Gasteiger partial charge is 0.0992 e. The van der Waals surface area contributed by atoms with E-state index in [9.17, 15) is 5.26 Å². The van der Waals surface area contributed by atoms with Crippen LogP contribution < -0.4 is 0 Å². The maximum Gasteiger partial charge on any atom is 0.0992 e. The fraction of sp³-hybridized carbons (Fsp3) is 0.0678. The number of hydrogen-bond acceptors (Lipinski definition) is 1. The number of aromatic nitrogens is 2. The summed E-state index contributed by atoms with van der Waals surface area (Å²) in [4.78, 5) is 0. The molecule has 0 N–H and O–H groups in total. The second-order valence-corrected chi connectivity index (χ2v) is 17.6. The van der Waals surface area contributed by atoms with Crippen molar-refractivity contribution in [1.82, 2.24) is 9.13 Å². The molecule has 0 aliphatic heterocycles. The van der Waals surface area contributed by atoms with E-state index in [2.05, 4.69) is 211 Å². The summed E-state index contributed by atoms with van der Waals surface area (Å²) < 4.78 is 4.80. The summed E-state index contributed by atoms with van der Waals surface area (Å²) in [6, 6.07) is 73.4. The van der Waals surface area contributed by atoms with Gasteiger partial charge in [0.05, 0.1) is 33.7 Å². The molecule has 3 nitrogen and oxygen atoms in total. The Bertz CT molecular complexity index is 3740. The molecule has 62 heavy (non-hydrogen) atoms. The lowest BCUT2D eigenvalue weighted by Gasteiger charge is -2.21. The van der Waals surface area contributed by atoms with Crippen LogP contribution in [0.1, 0.15) is 53.1 Å². The van der Waals surface area contributed by atoms with Crippen LogP contribution in [0.3, 0.4) is 0 Å². The van der Waals surface area contributed by atoms with Crippen molar-refractivity contribution in [1.29, 1.82) is 5.26 Å². The zero-order valence-electron chi connectivity index (χ0n) is 34.4. The maximum atomic E-state index is 10.6. The highest BCUT2D eigenvalue weighted by Crippen LogP contribution is 2.54. The Morgan fingerprint density at radius 2 is 1.15 bits per heavy atom. The Morgan fingerprint density at radius 3 is 1.98 bits per heavy atom. The molecule has 2 aromatic heterocycles. The van der Waals surface area contributed by atoms with Gasteiger partial charge in [-0.2, -0.15) is 5.26 Å². The number of fused-ring (bicyclic) bond motifs is 13. The third kappa shape index (κ3) is 4.75. The van der Waals surface area contributed by atoms with Crippen molar-refractivity contribution in [2.24, 2.45) is 0 Å². The number of nitrogens with zero attached hydrogens (tertiary/aromatic N) is 3. The molecule has 13 rings (SSSR count). The summed E-state index contributed by atoms with van der Waals surface area (Å²) in [5, 5.41) is 15.6. The molecule has 0 amide bonds. The first-order valence-electron chi connectivity index (χ1n) is 21.5. The molecule has 0 saturated carbocycles. The van der Waals surface area contributed by atoms with Gasteiger partial charge in [-0.15, -0.1) is 0 Å². The van der Waals surface area contributed by atoms with Crippen LogP contribution in [0, 0.1) is 11.3 Å². The quantitative estimate of drug-likeness (QED) is 0.175. The van der Waals surface area contributed by atoms with E-state index in [1.54, 1.807) is 0 Å². The number of nitriles is 1. The monoisotopic (exact) mass is 789 g/mol. The zero-order valence-corrected chi connectivity index (χ0v) is 34.4. The highest BCUT2D eigenvalue weighted by Gasteiger charge is 2.37. The number of para-hydroxylation sites is 2. The Labute approximate surface area is 360 Å². The molecule has 0 bridgehead atoms. The van der Waals surface area contributed by atoms with E-state index in [0.29, 0.717) is 5.56 Å². The number of hydrogen-bond donors (Lipinski definition) is 0. The van der Waals surface area contributed by atoms with Crippen LogP contribution in [0.2, 0.25) is 0 Å².